The third-order valence-electron chi connectivity index (χ3n) is 2.80. The van der Waals surface area contributed by atoms with Crippen LogP contribution in [-0.2, 0) is 6.54 Å². The van der Waals surface area contributed by atoms with Gasteiger partial charge in [-0.1, -0.05) is 25.1 Å². The van der Waals surface area contributed by atoms with Gasteiger partial charge in [-0.3, -0.25) is 4.57 Å². The second kappa shape index (κ2) is 6.56. The van der Waals surface area contributed by atoms with Crippen molar-refractivity contribution in [1.82, 2.24) is 24.7 Å². The number of nitrogen functional groups attached to an aromatic ring is 1. The predicted molar refractivity (Wildman–Crippen MR) is 78.5 cm³/mol. The maximum Gasteiger partial charge on any atom is 0.343 e. The Bertz CT molecular complexity index is 622. The minimum absolute atomic E-state index is 0.0333. The van der Waals surface area contributed by atoms with Crippen LogP contribution >= 0.6 is 11.8 Å². The zero-order chi connectivity index (χ0) is 14.5. The molecule has 0 radical (unpaired) electrons. The highest BCUT2D eigenvalue weighted by molar-refractivity contribution is 7.99. The minimum Gasteiger partial charge on any atom is -0.384 e. The number of hydrogen-bond donors (Lipinski definition) is 2. The Hall–Kier alpha value is -1.83. The average Bonchev–Trinajstić information content (AvgIpc) is 2.77. The van der Waals surface area contributed by atoms with Gasteiger partial charge in [0.1, 0.15) is 11.6 Å². The fourth-order valence-corrected chi connectivity index (χ4v) is 2.64. The fraction of sp³-hybridized carbons (Fsp3) is 0.500. The number of nitrogens with zero attached hydrogens (tertiary/aromatic N) is 4. The van der Waals surface area contributed by atoms with Gasteiger partial charge in [0.05, 0.1) is 5.25 Å². The molecular formula is C12H18N6OS. The van der Waals surface area contributed by atoms with E-state index in [1.54, 1.807) is 16.8 Å². The predicted octanol–water partition coefficient (Wildman–Crippen LogP) is 1.60. The van der Waals surface area contributed by atoms with Crippen molar-refractivity contribution in [2.75, 3.05) is 5.73 Å². The molecule has 2 aromatic heterocycles. The largest absolute Gasteiger partial charge is 0.384 e. The molecule has 108 valence electrons. The second-order valence-electron chi connectivity index (χ2n) is 4.42. The summed E-state index contributed by atoms with van der Waals surface area (Å²) in [6, 6.07) is 1.65. The molecule has 0 unspecified atom stereocenters. The van der Waals surface area contributed by atoms with Crippen LogP contribution in [0.3, 0.4) is 0 Å². The third kappa shape index (κ3) is 3.38. The van der Waals surface area contributed by atoms with Crippen LogP contribution < -0.4 is 11.4 Å². The van der Waals surface area contributed by atoms with E-state index >= 15 is 0 Å². The Kier molecular flexibility index (Phi) is 4.78. The van der Waals surface area contributed by atoms with Crippen LogP contribution in [0.5, 0.6) is 0 Å². The number of aromatic amines is 1. The van der Waals surface area contributed by atoms with Gasteiger partial charge in [0.25, 0.3) is 0 Å². The fourth-order valence-electron chi connectivity index (χ4n) is 1.70. The number of H-pyrrole nitrogens is 1. The molecule has 0 saturated heterocycles. The smallest absolute Gasteiger partial charge is 0.343 e. The monoisotopic (exact) mass is 294 g/mol. The number of nitrogens with two attached hydrogens (primary N) is 1. The Morgan fingerprint density at radius 2 is 2.35 bits per heavy atom. The molecule has 0 saturated carbocycles. The molecule has 3 N–H and O–H groups in total. The van der Waals surface area contributed by atoms with E-state index in [4.69, 9.17) is 5.73 Å². The van der Waals surface area contributed by atoms with Crippen molar-refractivity contribution < 1.29 is 0 Å². The van der Waals surface area contributed by atoms with Crippen molar-refractivity contribution in [3.8, 4) is 0 Å². The SMILES string of the molecule is CCCCn1c(S[C@H](C)c2nccc(N)n2)n[nH]c1=O. The number of hydrogen-bond acceptors (Lipinski definition) is 6. The Balaban J connectivity index is 2.15. The summed E-state index contributed by atoms with van der Waals surface area (Å²) >= 11 is 1.44. The number of unbranched alkanes of at least 4 members (excludes halogenated alkanes) is 1. The van der Waals surface area contributed by atoms with Gasteiger partial charge in [-0.05, 0) is 19.4 Å². The van der Waals surface area contributed by atoms with Gasteiger partial charge in [0.15, 0.2) is 5.16 Å². The first-order valence-electron chi connectivity index (χ1n) is 6.52. The van der Waals surface area contributed by atoms with Crippen molar-refractivity contribution >= 4 is 17.6 Å². The molecule has 0 aliphatic carbocycles. The summed E-state index contributed by atoms with van der Waals surface area (Å²) in [6.45, 7) is 4.71. The average molecular weight is 294 g/mol. The molecule has 0 bridgehead atoms. The lowest BCUT2D eigenvalue weighted by atomic mass is 10.3. The molecule has 0 aromatic carbocycles. The summed E-state index contributed by atoms with van der Waals surface area (Å²) in [5.74, 6) is 1.07. The van der Waals surface area contributed by atoms with Gasteiger partial charge in [-0.15, -0.1) is 5.10 Å². The van der Waals surface area contributed by atoms with E-state index in [9.17, 15) is 4.79 Å². The van der Waals surface area contributed by atoms with Gasteiger partial charge >= 0.3 is 5.69 Å². The van der Waals surface area contributed by atoms with Crippen LogP contribution in [0.25, 0.3) is 0 Å². The lowest BCUT2D eigenvalue weighted by Crippen LogP contribution is -2.17. The van der Waals surface area contributed by atoms with Gasteiger partial charge in [0, 0.05) is 12.7 Å². The van der Waals surface area contributed by atoms with Crippen LogP contribution in [-0.4, -0.2) is 24.7 Å². The number of thioether (sulfide) groups is 1. The molecule has 0 fully saturated rings. The summed E-state index contributed by atoms with van der Waals surface area (Å²) < 4.78 is 1.65. The van der Waals surface area contributed by atoms with Crippen molar-refractivity contribution in [2.24, 2.45) is 0 Å². The molecule has 8 heteroatoms. The molecule has 0 amide bonds. The maximum absolute atomic E-state index is 11.7. The van der Waals surface area contributed by atoms with Crippen LogP contribution in [0.4, 0.5) is 5.82 Å². The maximum atomic E-state index is 11.7. The van der Waals surface area contributed by atoms with E-state index in [2.05, 4.69) is 27.1 Å². The topological polar surface area (TPSA) is 102 Å². The normalized spacial score (nSPS) is 12.5. The highest BCUT2D eigenvalue weighted by Crippen LogP contribution is 2.31. The first-order valence-corrected chi connectivity index (χ1v) is 7.40. The van der Waals surface area contributed by atoms with Crippen LogP contribution in [0.2, 0.25) is 0 Å². The van der Waals surface area contributed by atoms with Crippen LogP contribution in [0.1, 0.15) is 37.8 Å². The first kappa shape index (κ1) is 14.6. The van der Waals surface area contributed by atoms with Crippen molar-refractivity contribution in [1.29, 1.82) is 0 Å². The van der Waals surface area contributed by atoms with E-state index in [0.29, 0.717) is 23.3 Å². The highest BCUT2D eigenvalue weighted by Gasteiger charge is 2.16. The molecule has 2 heterocycles. The summed E-state index contributed by atoms with van der Waals surface area (Å²) in [4.78, 5) is 20.1. The molecule has 20 heavy (non-hydrogen) atoms. The zero-order valence-electron chi connectivity index (χ0n) is 11.5. The first-order chi connectivity index (χ1) is 9.61. The molecule has 1 atom stereocenters. The molecule has 2 aromatic rings. The number of anilines is 1. The molecule has 0 aliphatic heterocycles. The highest BCUT2D eigenvalue weighted by atomic mass is 32.2. The quantitative estimate of drug-likeness (QED) is 0.784. The van der Waals surface area contributed by atoms with Crippen molar-refractivity contribution in [3.63, 3.8) is 0 Å². The van der Waals surface area contributed by atoms with E-state index in [1.165, 1.54) is 11.8 Å². The molecule has 0 spiro atoms. The molecular weight excluding hydrogens is 276 g/mol. The summed E-state index contributed by atoms with van der Waals surface area (Å²) in [5.41, 5.74) is 5.47. The van der Waals surface area contributed by atoms with Crippen LogP contribution in [0.15, 0.2) is 22.2 Å². The van der Waals surface area contributed by atoms with Crippen molar-refractivity contribution in [2.45, 2.75) is 43.6 Å². The second-order valence-corrected chi connectivity index (χ2v) is 5.72. The van der Waals surface area contributed by atoms with Crippen LogP contribution in [0, 0.1) is 0 Å². The summed E-state index contributed by atoms with van der Waals surface area (Å²) in [6.07, 6.45) is 3.59. The van der Waals surface area contributed by atoms with Gasteiger partial charge < -0.3 is 5.73 Å². The van der Waals surface area contributed by atoms with Gasteiger partial charge in [-0.2, -0.15) is 0 Å². The lowest BCUT2D eigenvalue weighted by molar-refractivity contribution is 0.572. The number of rotatable bonds is 6. The molecule has 7 nitrogen and oxygen atoms in total. The lowest BCUT2D eigenvalue weighted by Gasteiger charge is -2.10. The van der Waals surface area contributed by atoms with E-state index < -0.39 is 0 Å². The minimum atomic E-state index is -0.179. The third-order valence-corrected chi connectivity index (χ3v) is 3.89. The number of nitrogens with one attached hydrogen (secondary N) is 1. The van der Waals surface area contributed by atoms with Gasteiger partial charge in [-0.25, -0.2) is 19.9 Å². The Morgan fingerprint density at radius 1 is 1.55 bits per heavy atom. The summed E-state index contributed by atoms with van der Waals surface area (Å²) in [5, 5.41) is 7.16. The standard InChI is InChI=1S/C12H18N6OS/c1-3-4-7-18-11(19)16-17-12(18)20-8(2)10-14-6-5-9(13)15-10/h5-6,8H,3-4,7H2,1-2H3,(H,16,19)(H2,13,14,15)/t8-/m1/s1. The molecule has 2 rings (SSSR count). The summed E-state index contributed by atoms with van der Waals surface area (Å²) in [7, 11) is 0. The van der Waals surface area contributed by atoms with Gasteiger partial charge in [0.2, 0.25) is 0 Å². The Labute approximate surface area is 121 Å². The van der Waals surface area contributed by atoms with Crippen molar-refractivity contribution in [3.05, 3.63) is 28.6 Å². The van der Waals surface area contributed by atoms with E-state index in [1.807, 2.05) is 6.92 Å². The Morgan fingerprint density at radius 3 is 3.05 bits per heavy atom. The molecule has 0 aliphatic rings. The van der Waals surface area contributed by atoms with E-state index in [0.717, 1.165) is 12.8 Å². The number of aromatic nitrogens is 5. The zero-order valence-corrected chi connectivity index (χ0v) is 12.4. The van der Waals surface area contributed by atoms with E-state index in [-0.39, 0.29) is 10.9 Å².